The summed E-state index contributed by atoms with van der Waals surface area (Å²) in [6.07, 6.45) is 0. The van der Waals surface area contributed by atoms with Crippen LogP contribution in [0.15, 0.2) is 40.9 Å². The third-order valence-electron chi connectivity index (χ3n) is 3.14. The van der Waals surface area contributed by atoms with E-state index in [0.29, 0.717) is 18.0 Å². The van der Waals surface area contributed by atoms with Gasteiger partial charge in [-0.05, 0) is 36.4 Å². The Bertz CT molecular complexity index is 671. The fourth-order valence-electron chi connectivity index (χ4n) is 2.07. The number of ether oxygens (including phenoxy) is 2. The normalized spacial score (nSPS) is 10.1. The summed E-state index contributed by atoms with van der Waals surface area (Å²) < 4.78 is 11.6. The summed E-state index contributed by atoms with van der Waals surface area (Å²) in [5.74, 6) is 0.375. The predicted molar refractivity (Wildman–Crippen MR) is 88.0 cm³/mol. The van der Waals surface area contributed by atoms with Gasteiger partial charge in [0.25, 0.3) is 0 Å². The van der Waals surface area contributed by atoms with Gasteiger partial charge in [-0.1, -0.05) is 15.9 Å². The van der Waals surface area contributed by atoms with Crippen molar-refractivity contribution in [2.24, 2.45) is 0 Å². The molecule has 5 nitrogen and oxygen atoms in total. The van der Waals surface area contributed by atoms with Crippen molar-refractivity contribution >= 4 is 27.6 Å². The van der Waals surface area contributed by atoms with E-state index in [1.807, 2.05) is 12.1 Å². The van der Waals surface area contributed by atoms with Crippen LogP contribution in [0.1, 0.15) is 15.9 Å². The average molecular weight is 366 g/mol. The molecule has 0 aliphatic carbocycles. The van der Waals surface area contributed by atoms with E-state index in [-0.39, 0.29) is 5.56 Å². The van der Waals surface area contributed by atoms with Crippen molar-refractivity contribution in [2.75, 3.05) is 19.5 Å². The number of hydrogen-bond acceptors (Lipinski definition) is 4. The van der Waals surface area contributed by atoms with Crippen LogP contribution in [0.25, 0.3) is 0 Å². The van der Waals surface area contributed by atoms with Gasteiger partial charge in [0.2, 0.25) is 0 Å². The van der Waals surface area contributed by atoms with Gasteiger partial charge in [0.1, 0.15) is 0 Å². The number of aromatic carboxylic acids is 1. The van der Waals surface area contributed by atoms with E-state index in [1.165, 1.54) is 0 Å². The Morgan fingerprint density at radius 1 is 1.18 bits per heavy atom. The van der Waals surface area contributed by atoms with E-state index in [9.17, 15) is 4.79 Å². The average Bonchev–Trinajstić information content (AvgIpc) is 2.52. The lowest BCUT2D eigenvalue weighted by Crippen LogP contribution is -2.04. The molecule has 0 unspecified atom stereocenters. The second kappa shape index (κ2) is 7.17. The molecule has 0 saturated carbocycles. The van der Waals surface area contributed by atoms with Crippen LogP contribution in [-0.4, -0.2) is 25.3 Å². The van der Waals surface area contributed by atoms with Gasteiger partial charge in [-0.3, -0.25) is 0 Å². The van der Waals surface area contributed by atoms with E-state index in [1.54, 1.807) is 38.5 Å². The summed E-state index contributed by atoms with van der Waals surface area (Å²) in [5.41, 5.74) is 2.01. The highest BCUT2D eigenvalue weighted by atomic mass is 79.9. The molecule has 0 fully saturated rings. The number of carboxylic acid groups (broad SMARTS) is 1. The van der Waals surface area contributed by atoms with Gasteiger partial charge in [0, 0.05) is 22.3 Å². The highest BCUT2D eigenvalue weighted by molar-refractivity contribution is 9.10. The lowest BCUT2D eigenvalue weighted by Gasteiger charge is -2.14. The predicted octanol–water partition coefficient (Wildman–Crippen LogP) is 3.78. The van der Waals surface area contributed by atoms with Crippen LogP contribution in [0.4, 0.5) is 5.69 Å². The molecule has 0 aromatic heterocycles. The molecule has 116 valence electrons. The van der Waals surface area contributed by atoms with Crippen molar-refractivity contribution in [1.82, 2.24) is 0 Å². The van der Waals surface area contributed by atoms with Crippen molar-refractivity contribution in [3.8, 4) is 11.5 Å². The monoisotopic (exact) mass is 365 g/mol. The van der Waals surface area contributed by atoms with Crippen molar-refractivity contribution in [1.29, 1.82) is 0 Å². The lowest BCUT2D eigenvalue weighted by atomic mass is 10.1. The molecule has 0 aliphatic heterocycles. The molecule has 0 atom stereocenters. The zero-order chi connectivity index (χ0) is 16.1. The second-order valence-electron chi connectivity index (χ2n) is 4.54. The Kier molecular flexibility index (Phi) is 5.27. The number of hydrogen-bond donors (Lipinski definition) is 2. The van der Waals surface area contributed by atoms with Crippen LogP contribution in [-0.2, 0) is 6.54 Å². The number of benzene rings is 2. The Balaban J connectivity index is 2.17. The van der Waals surface area contributed by atoms with Gasteiger partial charge < -0.3 is 19.9 Å². The topological polar surface area (TPSA) is 67.8 Å². The lowest BCUT2D eigenvalue weighted by molar-refractivity contribution is 0.0697. The Hall–Kier alpha value is -2.21. The third kappa shape index (κ3) is 3.71. The minimum Gasteiger partial charge on any atom is -0.493 e. The number of carbonyl (C=O) groups is 1. The first-order valence-electron chi connectivity index (χ1n) is 6.52. The van der Waals surface area contributed by atoms with Gasteiger partial charge in [0.05, 0.1) is 19.8 Å². The van der Waals surface area contributed by atoms with Crippen LogP contribution in [0.5, 0.6) is 11.5 Å². The summed E-state index contributed by atoms with van der Waals surface area (Å²) in [4.78, 5) is 10.8. The number of anilines is 1. The highest BCUT2D eigenvalue weighted by Crippen LogP contribution is 2.35. The summed E-state index contributed by atoms with van der Waals surface area (Å²) in [7, 11) is 3.18. The number of carboxylic acids is 1. The van der Waals surface area contributed by atoms with Crippen molar-refractivity contribution in [2.45, 2.75) is 6.54 Å². The molecule has 2 N–H and O–H groups in total. The zero-order valence-electron chi connectivity index (χ0n) is 12.2. The molecule has 0 saturated heterocycles. The quantitative estimate of drug-likeness (QED) is 0.815. The number of rotatable bonds is 6. The van der Waals surface area contributed by atoms with Crippen LogP contribution >= 0.6 is 15.9 Å². The SMILES string of the molecule is COc1cc(Br)cc(CNc2ccc(C(=O)O)cc2)c1OC. The maximum absolute atomic E-state index is 10.8. The summed E-state index contributed by atoms with van der Waals surface area (Å²) in [6.45, 7) is 0.519. The highest BCUT2D eigenvalue weighted by Gasteiger charge is 2.11. The number of halogens is 1. The van der Waals surface area contributed by atoms with Gasteiger partial charge in [-0.2, -0.15) is 0 Å². The van der Waals surface area contributed by atoms with Crippen LogP contribution in [0, 0.1) is 0 Å². The van der Waals surface area contributed by atoms with Gasteiger partial charge >= 0.3 is 5.97 Å². The van der Waals surface area contributed by atoms with Gasteiger partial charge in [-0.15, -0.1) is 0 Å². The smallest absolute Gasteiger partial charge is 0.335 e. The van der Waals surface area contributed by atoms with Gasteiger partial charge in [0.15, 0.2) is 11.5 Å². The van der Waals surface area contributed by atoms with Crippen LogP contribution in [0.2, 0.25) is 0 Å². The maximum Gasteiger partial charge on any atom is 0.335 e. The molecule has 2 aromatic carbocycles. The minimum absolute atomic E-state index is 0.257. The van der Waals surface area contributed by atoms with E-state index in [2.05, 4.69) is 21.2 Å². The molecule has 0 bridgehead atoms. The zero-order valence-corrected chi connectivity index (χ0v) is 13.8. The second-order valence-corrected chi connectivity index (χ2v) is 5.45. The molecule has 2 aromatic rings. The largest absolute Gasteiger partial charge is 0.493 e. The fraction of sp³-hybridized carbons (Fsp3) is 0.188. The van der Waals surface area contributed by atoms with E-state index in [0.717, 1.165) is 15.7 Å². The molecule has 0 radical (unpaired) electrons. The molecule has 0 spiro atoms. The maximum atomic E-state index is 10.8. The minimum atomic E-state index is -0.940. The first-order valence-corrected chi connectivity index (χ1v) is 7.32. The van der Waals surface area contributed by atoms with E-state index in [4.69, 9.17) is 14.6 Å². The van der Waals surface area contributed by atoms with Gasteiger partial charge in [-0.25, -0.2) is 4.79 Å². The molecule has 22 heavy (non-hydrogen) atoms. The van der Waals surface area contributed by atoms with Crippen molar-refractivity contribution in [3.05, 3.63) is 52.0 Å². The summed E-state index contributed by atoms with van der Waals surface area (Å²) >= 11 is 3.44. The molecule has 2 rings (SSSR count). The molecular weight excluding hydrogens is 350 g/mol. The standard InChI is InChI=1S/C16H16BrNO4/c1-21-14-8-12(17)7-11(15(14)22-2)9-18-13-5-3-10(4-6-13)16(19)20/h3-8,18H,9H2,1-2H3,(H,19,20). The van der Waals surface area contributed by atoms with E-state index < -0.39 is 5.97 Å². The Labute approximate surface area is 137 Å². The van der Waals surface area contributed by atoms with E-state index >= 15 is 0 Å². The Morgan fingerprint density at radius 2 is 1.86 bits per heavy atom. The number of nitrogens with one attached hydrogen (secondary N) is 1. The molecule has 0 heterocycles. The molecular formula is C16H16BrNO4. The first kappa shape index (κ1) is 16.2. The fourth-order valence-corrected chi connectivity index (χ4v) is 2.55. The Morgan fingerprint density at radius 3 is 2.41 bits per heavy atom. The summed E-state index contributed by atoms with van der Waals surface area (Å²) in [6, 6.07) is 10.4. The molecule has 0 amide bonds. The first-order chi connectivity index (χ1) is 10.5. The summed E-state index contributed by atoms with van der Waals surface area (Å²) in [5, 5.41) is 12.1. The number of methoxy groups -OCH3 is 2. The molecule has 6 heteroatoms. The van der Waals surface area contributed by atoms with Crippen molar-refractivity contribution in [3.63, 3.8) is 0 Å². The molecule has 0 aliphatic rings. The van der Waals surface area contributed by atoms with Crippen LogP contribution < -0.4 is 14.8 Å². The van der Waals surface area contributed by atoms with Crippen molar-refractivity contribution < 1.29 is 19.4 Å². The third-order valence-corrected chi connectivity index (χ3v) is 3.59. The van der Waals surface area contributed by atoms with Crippen LogP contribution in [0.3, 0.4) is 0 Å².